The molecule has 1 aromatic rings. The number of aliphatic hydroxyl groups is 1. The lowest BCUT2D eigenvalue weighted by molar-refractivity contribution is 0.0631. The molecule has 1 amide bonds. The molecule has 1 aromatic carbocycles. The Morgan fingerprint density at radius 3 is 2.30 bits per heavy atom. The molecule has 0 radical (unpaired) electrons. The minimum atomic E-state index is -0.278. The highest BCUT2D eigenvalue weighted by Crippen LogP contribution is 2.29. The number of ether oxygens (including phenoxy) is 1. The third-order valence-electron chi connectivity index (χ3n) is 5.64. The second-order valence-electron chi connectivity index (χ2n) is 7.78. The highest BCUT2D eigenvalue weighted by molar-refractivity contribution is 5.69. The number of benzene rings is 1. The second-order valence-corrected chi connectivity index (χ2v) is 7.78. The summed E-state index contributed by atoms with van der Waals surface area (Å²) in [6.45, 7) is 2.56. The molecule has 1 saturated heterocycles. The van der Waals surface area contributed by atoms with Crippen molar-refractivity contribution in [2.45, 2.75) is 96.2 Å². The lowest BCUT2D eigenvalue weighted by Crippen LogP contribution is -2.43. The van der Waals surface area contributed by atoms with E-state index in [9.17, 15) is 9.90 Å². The van der Waals surface area contributed by atoms with E-state index in [1.807, 2.05) is 35.2 Å². The maximum Gasteiger partial charge on any atom is 0.410 e. The molecule has 0 bridgehead atoms. The zero-order chi connectivity index (χ0) is 19.3. The number of nitrogens with zero attached hydrogens (tertiary/aromatic N) is 1. The minimum absolute atomic E-state index is 0.0222. The minimum Gasteiger partial charge on any atom is -0.445 e. The van der Waals surface area contributed by atoms with Crippen LogP contribution in [0.2, 0.25) is 0 Å². The summed E-state index contributed by atoms with van der Waals surface area (Å²) in [4.78, 5) is 14.4. The molecule has 2 rings (SSSR count). The molecule has 0 aromatic heterocycles. The highest BCUT2D eigenvalue weighted by Gasteiger charge is 2.37. The van der Waals surface area contributed by atoms with Crippen LogP contribution in [0.15, 0.2) is 30.3 Å². The molecular weight excluding hydrogens is 338 g/mol. The molecule has 4 nitrogen and oxygen atoms in total. The zero-order valence-corrected chi connectivity index (χ0v) is 16.9. The van der Waals surface area contributed by atoms with E-state index < -0.39 is 0 Å². The lowest BCUT2D eigenvalue weighted by Gasteiger charge is -2.28. The number of carbonyl (C=O) groups is 1. The first-order chi connectivity index (χ1) is 13.3. The molecule has 1 aliphatic rings. The molecule has 1 aliphatic heterocycles. The van der Waals surface area contributed by atoms with Crippen molar-refractivity contribution in [2.24, 2.45) is 0 Å². The van der Waals surface area contributed by atoms with Crippen molar-refractivity contribution in [3.8, 4) is 0 Å². The summed E-state index contributed by atoms with van der Waals surface area (Å²) in [5.41, 5.74) is 0.991. The Morgan fingerprint density at radius 1 is 1.00 bits per heavy atom. The van der Waals surface area contributed by atoms with E-state index in [-0.39, 0.29) is 24.8 Å². The number of hydrogen-bond acceptors (Lipinski definition) is 3. The molecule has 4 heteroatoms. The van der Waals surface area contributed by atoms with Crippen LogP contribution in [0.1, 0.15) is 83.1 Å². The van der Waals surface area contributed by atoms with Crippen LogP contribution in [0.5, 0.6) is 0 Å². The van der Waals surface area contributed by atoms with Gasteiger partial charge in [-0.25, -0.2) is 4.79 Å². The summed E-state index contributed by atoms with van der Waals surface area (Å²) in [6.07, 6.45) is 12.9. The quantitative estimate of drug-likeness (QED) is 0.478. The van der Waals surface area contributed by atoms with Crippen LogP contribution in [-0.2, 0) is 11.3 Å². The standard InChI is InChI=1S/C23H37NO3/c1-2-3-4-5-6-7-8-12-15-21-16-17-22(18-25)24(21)23(26)27-19-20-13-10-9-11-14-20/h9-11,13-14,21-22,25H,2-8,12,15-19H2,1H3/t21-,22+/m1/s1. The van der Waals surface area contributed by atoms with Crippen molar-refractivity contribution >= 4 is 6.09 Å². The first-order valence-electron chi connectivity index (χ1n) is 10.9. The van der Waals surface area contributed by atoms with Crippen LogP contribution in [0.3, 0.4) is 0 Å². The predicted octanol–water partition coefficient (Wildman–Crippen LogP) is 5.68. The molecule has 152 valence electrons. The number of amides is 1. The van der Waals surface area contributed by atoms with Gasteiger partial charge in [-0.1, -0.05) is 88.6 Å². The molecule has 0 unspecified atom stereocenters. The molecule has 27 heavy (non-hydrogen) atoms. The Bertz CT molecular complexity index is 520. The van der Waals surface area contributed by atoms with Crippen molar-refractivity contribution in [1.82, 2.24) is 4.90 Å². The van der Waals surface area contributed by atoms with Crippen molar-refractivity contribution in [2.75, 3.05) is 6.61 Å². The topological polar surface area (TPSA) is 49.8 Å². The number of unbranched alkanes of at least 4 members (excludes halogenated alkanes) is 7. The smallest absolute Gasteiger partial charge is 0.410 e. The van der Waals surface area contributed by atoms with E-state index in [0.29, 0.717) is 6.61 Å². The van der Waals surface area contributed by atoms with Crippen LogP contribution in [-0.4, -0.2) is 34.8 Å². The van der Waals surface area contributed by atoms with Gasteiger partial charge in [-0.3, -0.25) is 4.90 Å². The van der Waals surface area contributed by atoms with Crippen molar-refractivity contribution in [3.63, 3.8) is 0 Å². The van der Waals surface area contributed by atoms with E-state index in [4.69, 9.17) is 4.74 Å². The highest BCUT2D eigenvalue weighted by atomic mass is 16.6. The van der Waals surface area contributed by atoms with Gasteiger partial charge in [0.15, 0.2) is 0 Å². The summed E-state index contributed by atoms with van der Waals surface area (Å²) in [6, 6.07) is 9.88. The van der Waals surface area contributed by atoms with Gasteiger partial charge in [-0.2, -0.15) is 0 Å². The van der Waals surface area contributed by atoms with E-state index in [2.05, 4.69) is 6.92 Å². The summed E-state index contributed by atoms with van der Waals surface area (Å²) >= 11 is 0. The average Bonchev–Trinajstić information content (AvgIpc) is 3.12. The van der Waals surface area contributed by atoms with Crippen molar-refractivity contribution < 1.29 is 14.6 Å². The third-order valence-corrected chi connectivity index (χ3v) is 5.64. The molecule has 2 atom stereocenters. The van der Waals surface area contributed by atoms with Gasteiger partial charge in [0, 0.05) is 6.04 Å². The molecule has 1 heterocycles. The number of likely N-dealkylation sites (tertiary alicyclic amines) is 1. The van der Waals surface area contributed by atoms with Gasteiger partial charge < -0.3 is 9.84 Å². The van der Waals surface area contributed by atoms with Crippen molar-refractivity contribution in [3.05, 3.63) is 35.9 Å². The van der Waals surface area contributed by atoms with E-state index in [1.165, 1.54) is 44.9 Å². The number of carbonyl (C=O) groups excluding carboxylic acids is 1. The zero-order valence-electron chi connectivity index (χ0n) is 16.9. The fraction of sp³-hybridized carbons (Fsp3) is 0.696. The first-order valence-corrected chi connectivity index (χ1v) is 10.9. The summed E-state index contributed by atoms with van der Waals surface area (Å²) in [7, 11) is 0. The van der Waals surface area contributed by atoms with Crippen LogP contribution in [0, 0.1) is 0 Å². The normalized spacial score (nSPS) is 19.4. The summed E-state index contributed by atoms with van der Waals surface area (Å²) in [5.74, 6) is 0. The largest absolute Gasteiger partial charge is 0.445 e. The van der Waals surface area contributed by atoms with Crippen LogP contribution in [0.25, 0.3) is 0 Å². The maximum absolute atomic E-state index is 12.6. The van der Waals surface area contributed by atoms with Crippen LogP contribution in [0.4, 0.5) is 4.79 Å². The first kappa shape index (κ1) is 21.7. The second kappa shape index (κ2) is 12.8. The SMILES string of the molecule is CCCCCCCCCC[C@@H]1CC[C@@H](CO)N1C(=O)OCc1ccccc1. The maximum atomic E-state index is 12.6. The number of hydrogen-bond donors (Lipinski definition) is 1. The molecule has 1 N–H and O–H groups in total. The van der Waals surface area contributed by atoms with E-state index >= 15 is 0 Å². The monoisotopic (exact) mass is 375 g/mol. The number of aliphatic hydroxyl groups excluding tert-OH is 1. The predicted molar refractivity (Wildman–Crippen MR) is 110 cm³/mol. The van der Waals surface area contributed by atoms with E-state index in [0.717, 1.165) is 31.2 Å². The van der Waals surface area contributed by atoms with Gasteiger partial charge in [0.05, 0.1) is 12.6 Å². The van der Waals surface area contributed by atoms with E-state index in [1.54, 1.807) is 0 Å². The van der Waals surface area contributed by atoms with Gasteiger partial charge in [0.1, 0.15) is 6.61 Å². The van der Waals surface area contributed by atoms with Gasteiger partial charge in [-0.15, -0.1) is 0 Å². The van der Waals surface area contributed by atoms with Gasteiger partial charge >= 0.3 is 6.09 Å². The van der Waals surface area contributed by atoms with Crippen molar-refractivity contribution in [1.29, 1.82) is 0 Å². The fourth-order valence-corrected chi connectivity index (χ4v) is 4.03. The molecular formula is C23H37NO3. The molecule has 1 fully saturated rings. The van der Waals surface area contributed by atoms with Crippen LogP contribution >= 0.6 is 0 Å². The summed E-state index contributed by atoms with van der Waals surface area (Å²) < 4.78 is 5.53. The van der Waals surface area contributed by atoms with Crippen LogP contribution < -0.4 is 0 Å². The Balaban J connectivity index is 1.72. The Hall–Kier alpha value is -1.55. The summed E-state index contributed by atoms with van der Waals surface area (Å²) in [5, 5.41) is 9.65. The average molecular weight is 376 g/mol. The molecule has 0 aliphatic carbocycles. The Kier molecular flexibility index (Phi) is 10.3. The lowest BCUT2D eigenvalue weighted by atomic mass is 10.0. The third kappa shape index (κ3) is 7.53. The molecule has 0 saturated carbocycles. The Labute approximate surface area is 164 Å². The fourth-order valence-electron chi connectivity index (χ4n) is 4.03. The van der Waals surface area contributed by atoms with Gasteiger partial charge in [0.2, 0.25) is 0 Å². The molecule has 0 spiro atoms. The van der Waals surface area contributed by atoms with Gasteiger partial charge in [-0.05, 0) is 24.8 Å². The number of rotatable bonds is 12. The van der Waals surface area contributed by atoms with Gasteiger partial charge in [0.25, 0.3) is 0 Å². The Morgan fingerprint density at radius 2 is 1.63 bits per heavy atom.